The molecule has 8 aliphatic rings. The number of ether oxygens (including phenoxy) is 16. The number of phosphoric acid groups is 1. The molecule has 0 aliphatic carbocycles. The molecule has 0 radical (unpaired) electrons. The topological polar surface area (TPSA) is 828 Å². The Labute approximate surface area is 638 Å². The lowest BCUT2D eigenvalue weighted by Crippen LogP contribution is -2.71. The van der Waals surface area contributed by atoms with Crippen LogP contribution in [0.25, 0.3) is 0 Å². The Hall–Kier alpha value is -3.61. The normalized spacial score (nSPS) is 46.0. The largest absolute Gasteiger partial charge is 0.477 e. The number of nitrogens with one attached hydrogen (secondary N) is 2. The lowest BCUT2D eigenvalue weighted by atomic mass is 9.91. The van der Waals surface area contributed by atoms with Gasteiger partial charge in [-0.25, -0.2) is 9.36 Å². The molecule has 113 heavy (non-hydrogen) atoms. The number of aliphatic carboxylic acids is 1. The summed E-state index contributed by atoms with van der Waals surface area (Å²) in [6, 6.07) is -3.83. The molecule has 0 spiro atoms. The van der Waals surface area contributed by atoms with Gasteiger partial charge in [-0.3, -0.25) is 23.4 Å². The van der Waals surface area contributed by atoms with Crippen LogP contribution in [-0.2, 0) is 109 Å². The van der Waals surface area contributed by atoms with Gasteiger partial charge in [-0.05, 0) is 0 Å². The maximum absolute atomic E-state index is 13.3. The molecule has 52 nitrogen and oxygen atoms in total. The van der Waals surface area contributed by atoms with Crippen LogP contribution in [0.4, 0.5) is 0 Å². The minimum absolute atomic E-state index is 0.422. The maximum Gasteiger partial charge on any atom is 0.472 e. The molecule has 656 valence electrons. The first kappa shape index (κ1) is 94.9. The van der Waals surface area contributed by atoms with E-state index in [-0.39, 0.29) is 0 Å². The Morgan fingerprint density at radius 3 is 1.39 bits per heavy atom. The van der Waals surface area contributed by atoms with Crippen molar-refractivity contribution in [3.05, 3.63) is 0 Å². The molecule has 8 rings (SSSR count). The number of phosphoric ester groups is 1. The Kier molecular flexibility index (Phi) is 34.5. The first-order valence-corrected chi connectivity index (χ1v) is 36.7. The van der Waals surface area contributed by atoms with Crippen molar-refractivity contribution >= 4 is 31.6 Å². The summed E-state index contributed by atoms with van der Waals surface area (Å²) in [5.41, 5.74) is 5.43. The van der Waals surface area contributed by atoms with Crippen LogP contribution in [0.15, 0.2) is 0 Å². The third kappa shape index (κ3) is 21.6. The number of amides is 2. The van der Waals surface area contributed by atoms with Crippen LogP contribution in [0.5, 0.6) is 0 Å². The van der Waals surface area contributed by atoms with Gasteiger partial charge in [0.25, 0.3) is 5.79 Å². The predicted molar refractivity (Wildman–Crippen MR) is 344 cm³/mol. The van der Waals surface area contributed by atoms with Gasteiger partial charge < -0.3 is 225 Å². The number of esters is 1. The second-order valence-electron chi connectivity index (χ2n) is 27.5. The van der Waals surface area contributed by atoms with Crippen molar-refractivity contribution in [2.75, 3.05) is 66.0 Å². The highest BCUT2D eigenvalue weighted by Crippen LogP contribution is 2.47. The summed E-state index contributed by atoms with van der Waals surface area (Å²) in [5.74, 6) is -8.58. The van der Waals surface area contributed by atoms with Crippen molar-refractivity contribution in [3.63, 3.8) is 0 Å². The number of hydrogen-bond donors (Lipinski definition) is 29. The van der Waals surface area contributed by atoms with Crippen molar-refractivity contribution in [1.82, 2.24) is 10.6 Å². The zero-order chi connectivity index (χ0) is 83.9. The van der Waals surface area contributed by atoms with E-state index < -0.39 is 361 Å². The van der Waals surface area contributed by atoms with Gasteiger partial charge in [0.05, 0.1) is 65.6 Å². The number of carboxylic acid groups (broad SMARTS) is 1. The van der Waals surface area contributed by atoms with E-state index in [1.54, 1.807) is 0 Å². The molecule has 8 heterocycles. The molecule has 8 saturated heterocycles. The van der Waals surface area contributed by atoms with Gasteiger partial charge >= 0.3 is 19.8 Å². The van der Waals surface area contributed by atoms with E-state index in [1.807, 2.05) is 0 Å². The van der Waals surface area contributed by atoms with Gasteiger partial charge in [0.15, 0.2) is 50.1 Å². The van der Waals surface area contributed by atoms with Crippen molar-refractivity contribution in [2.24, 2.45) is 5.73 Å². The smallest absolute Gasteiger partial charge is 0.472 e. The quantitative estimate of drug-likeness (QED) is 0.0210. The molecule has 43 unspecified atom stereocenters. The highest BCUT2D eigenvalue weighted by atomic mass is 31.2. The molecular formula is C60H102N3O49P. The van der Waals surface area contributed by atoms with Crippen LogP contribution in [-0.4, -0.2) is 480 Å². The van der Waals surface area contributed by atoms with Crippen LogP contribution in [0.2, 0.25) is 0 Å². The van der Waals surface area contributed by atoms with E-state index in [0.717, 1.165) is 20.8 Å². The molecular weight excluding hydrogens is 1580 g/mol. The fourth-order valence-electron chi connectivity index (χ4n) is 13.9. The van der Waals surface area contributed by atoms with E-state index in [2.05, 4.69) is 10.6 Å². The van der Waals surface area contributed by atoms with Crippen molar-refractivity contribution in [3.8, 4) is 0 Å². The number of carboxylic acids is 1. The second-order valence-corrected chi connectivity index (χ2v) is 29.0. The average Bonchev–Trinajstić information content (AvgIpc) is 0.756. The minimum atomic E-state index is -5.43. The molecule has 53 heteroatoms. The SMILES string of the molecule is CC(=O)NC1C(OC2C(O)C(CO)OC(OC3C(CO)OC(OC4C(C(O)CO)OC(OC5C(O)CC(O)(C(=O)O)OC5C(O)CO)C(O)C4OC4OC(C(CO)OP(=O)(O)OCCN)C(O)C(O)C4OC4OC(CO)C(O)C(OC(C)=O)C4NC(C)=O)C(O)C3O)C2O)OC(CO)C(OC2OC(CO)C(O)C(O)C2O)C1O. The molecule has 8 fully saturated rings. The van der Waals surface area contributed by atoms with Crippen LogP contribution < -0.4 is 16.4 Å². The Balaban J connectivity index is 1.16. The molecule has 2 amide bonds. The highest BCUT2D eigenvalue weighted by Gasteiger charge is 2.63. The third-order valence-electron chi connectivity index (χ3n) is 19.6. The average molecular weight is 1680 g/mol. The fraction of sp³-hybridized carbons (Fsp3) is 0.933. The predicted octanol–water partition coefficient (Wildman–Crippen LogP) is -18.9. The van der Waals surface area contributed by atoms with Crippen LogP contribution in [0.1, 0.15) is 27.2 Å². The first-order valence-electron chi connectivity index (χ1n) is 35.2. The van der Waals surface area contributed by atoms with E-state index in [4.69, 9.17) is 90.6 Å². The van der Waals surface area contributed by atoms with Gasteiger partial charge in [0, 0.05) is 33.7 Å². The number of aliphatic hydroxyl groups is 24. The van der Waals surface area contributed by atoms with E-state index in [0.29, 0.717) is 0 Å². The summed E-state index contributed by atoms with van der Waals surface area (Å²) < 4.78 is 117. The van der Waals surface area contributed by atoms with Gasteiger partial charge in [0.1, 0.15) is 195 Å². The summed E-state index contributed by atoms with van der Waals surface area (Å²) in [6.45, 7) is -8.48. The van der Waals surface area contributed by atoms with Crippen LogP contribution >= 0.6 is 7.82 Å². The molecule has 0 bridgehead atoms. The third-order valence-corrected chi connectivity index (χ3v) is 20.6. The number of nitrogens with two attached hydrogens (primary N) is 1. The minimum Gasteiger partial charge on any atom is -0.477 e. The summed E-state index contributed by atoms with van der Waals surface area (Å²) >= 11 is 0. The highest BCUT2D eigenvalue weighted by molar-refractivity contribution is 7.47. The first-order chi connectivity index (χ1) is 53.2. The Morgan fingerprint density at radius 1 is 0.442 bits per heavy atom. The van der Waals surface area contributed by atoms with Gasteiger partial charge in [-0.2, -0.15) is 0 Å². The zero-order valence-corrected chi connectivity index (χ0v) is 60.9. The fourth-order valence-corrected chi connectivity index (χ4v) is 14.8. The van der Waals surface area contributed by atoms with Gasteiger partial charge in [0.2, 0.25) is 11.8 Å². The second kappa shape index (κ2) is 41.1. The number of aliphatic hydroxyl groups excluding tert-OH is 23. The molecule has 0 aromatic heterocycles. The van der Waals surface area contributed by atoms with Crippen molar-refractivity contribution in [2.45, 2.75) is 284 Å². The standard InChI is InChI=1S/C60H102N3O49P/c1-15(72)62-27-32(81)44(104-54-37(86)33(82)29(78)21(9-66)98-54)24(12-69)100-52(27)107-48-31(80)23(11-68)99-56(39(48)88)105-45-25(13-70)101-55(38(87)36(45)85)110-51-42(19(76)7-64)103-57(102-41-18(75)6-60(92,59(90)91)111-43(41)20(77)8-65)40(89)49(51)108-58-50(35(84)34(83)46(106-58)26(14-71)112-113(93,94)95-5-4-61)109-53-28(63-16(2)73)47(96-17(3)74)30(79)22(10-67)97-53/h18-58,64-71,75-89,92H,4-14,61H2,1-3H3,(H,62,72)(H,63,73)(H,90,91)(H,93,94). The molecule has 8 aliphatic heterocycles. The van der Waals surface area contributed by atoms with Crippen molar-refractivity contribution in [1.29, 1.82) is 0 Å². The molecule has 0 aromatic rings. The molecule has 43 atom stereocenters. The molecule has 0 saturated carbocycles. The lowest BCUT2D eigenvalue weighted by molar-refractivity contribution is -0.415. The monoisotopic (exact) mass is 1680 g/mol. The van der Waals surface area contributed by atoms with E-state index in [1.165, 1.54) is 0 Å². The van der Waals surface area contributed by atoms with E-state index in [9.17, 15) is 156 Å². The lowest BCUT2D eigenvalue weighted by Gasteiger charge is -2.52. The molecule has 0 aromatic carbocycles. The number of carbonyl (C=O) groups is 4. The summed E-state index contributed by atoms with van der Waals surface area (Å²) in [7, 11) is -5.43. The number of hydrogen-bond acceptors (Lipinski definition) is 48. The summed E-state index contributed by atoms with van der Waals surface area (Å²) in [6.07, 6.45) is -90.9. The molecule has 30 N–H and O–H groups in total. The van der Waals surface area contributed by atoms with E-state index >= 15 is 0 Å². The van der Waals surface area contributed by atoms with Crippen LogP contribution in [0.3, 0.4) is 0 Å². The van der Waals surface area contributed by atoms with Gasteiger partial charge in [-0.1, -0.05) is 0 Å². The Morgan fingerprint density at radius 2 is 0.858 bits per heavy atom. The summed E-state index contributed by atoms with van der Waals surface area (Å²) in [4.78, 5) is 61.1. The zero-order valence-electron chi connectivity index (χ0n) is 60.0. The number of rotatable bonds is 34. The maximum atomic E-state index is 13.3. The van der Waals surface area contributed by atoms with Gasteiger partial charge in [-0.15, -0.1) is 0 Å². The Bertz CT molecular complexity index is 3060. The number of carbonyl (C=O) groups excluding carboxylic acids is 3. The van der Waals surface area contributed by atoms with Crippen LogP contribution in [0, 0.1) is 0 Å². The summed E-state index contributed by atoms with van der Waals surface area (Å²) in [5, 5.41) is 283. The van der Waals surface area contributed by atoms with Crippen molar-refractivity contribution < 1.29 is 241 Å².